The first kappa shape index (κ1) is 14.5. The smallest absolute Gasteiger partial charge is 0.315 e. The third kappa shape index (κ3) is 2.44. The van der Waals surface area contributed by atoms with Crippen LogP contribution in [0.15, 0.2) is 51.4 Å². The van der Waals surface area contributed by atoms with Gasteiger partial charge in [-0.15, -0.1) is 0 Å². The van der Waals surface area contributed by atoms with Crippen LogP contribution in [0.3, 0.4) is 0 Å². The lowest BCUT2D eigenvalue weighted by Crippen LogP contribution is -2.12. The van der Waals surface area contributed by atoms with E-state index in [1.54, 1.807) is 13.0 Å². The Kier molecular flexibility index (Phi) is 3.34. The summed E-state index contributed by atoms with van der Waals surface area (Å²) in [5.74, 6) is 0.781. The van der Waals surface area contributed by atoms with E-state index in [2.05, 4.69) is 5.16 Å². The van der Waals surface area contributed by atoms with E-state index in [0.29, 0.717) is 17.2 Å². The van der Waals surface area contributed by atoms with Crippen molar-refractivity contribution in [2.45, 2.75) is 20.3 Å². The van der Waals surface area contributed by atoms with Gasteiger partial charge in [-0.2, -0.15) is 0 Å². The molecule has 0 atom stereocenters. The Morgan fingerprint density at radius 3 is 2.67 bits per heavy atom. The number of aryl methyl sites for hydroxylation is 2. The van der Waals surface area contributed by atoms with Crippen LogP contribution >= 0.6 is 0 Å². The summed E-state index contributed by atoms with van der Waals surface area (Å²) in [6.07, 6.45) is 0.130. The molecule has 0 bridgehead atoms. The second-order valence-corrected chi connectivity index (χ2v) is 5.71. The Hall–Kier alpha value is -3.08. The van der Waals surface area contributed by atoms with Gasteiger partial charge in [-0.05, 0) is 38.1 Å². The number of esters is 1. The fourth-order valence-corrected chi connectivity index (χ4v) is 2.83. The molecule has 0 unspecified atom stereocenters. The molecule has 2 aromatic heterocycles. The second kappa shape index (κ2) is 5.53. The van der Waals surface area contributed by atoms with Gasteiger partial charge in [0.15, 0.2) is 0 Å². The summed E-state index contributed by atoms with van der Waals surface area (Å²) in [6, 6.07) is 13.1. The Balaban J connectivity index is 1.62. The van der Waals surface area contributed by atoms with E-state index in [-0.39, 0.29) is 12.4 Å². The maximum absolute atomic E-state index is 12.2. The summed E-state index contributed by atoms with van der Waals surface area (Å²) in [5.41, 5.74) is 3.06. The fourth-order valence-electron chi connectivity index (χ4n) is 2.83. The predicted molar refractivity (Wildman–Crippen MR) is 89.0 cm³/mol. The van der Waals surface area contributed by atoms with Crippen LogP contribution in [0.1, 0.15) is 17.0 Å². The number of furan rings is 1. The SMILES string of the molecule is Cc1noc(C)c1CC(=O)Oc1ccc2oc3ccccc3c2c1. The molecule has 24 heavy (non-hydrogen) atoms. The molecule has 0 saturated carbocycles. The van der Waals surface area contributed by atoms with E-state index in [1.807, 2.05) is 43.3 Å². The van der Waals surface area contributed by atoms with Gasteiger partial charge >= 0.3 is 5.97 Å². The van der Waals surface area contributed by atoms with Gasteiger partial charge in [0.25, 0.3) is 0 Å². The first-order valence-corrected chi connectivity index (χ1v) is 7.65. The minimum Gasteiger partial charge on any atom is -0.456 e. The number of hydrogen-bond acceptors (Lipinski definition) is 5. The van der Waals surface area contributed by atoms with Crippen molar-refractivity contribution in [2.75, 3.05) is 0 Å². The van der Waals surface area contributed by atoms with E-state index in [9.17, 15) is 4.79 Å². The number of hydrogen-bond donors (Lipinski definition) is 0. The molecule has 4 rings (SSSR count). The molecular weight excluding hydrogens is 306 g/mol. The van der Waals surface area contributed by atoms with E-state index in [1.165, 1.54) is 0 Å². The number of ether oxygens (including phenoxy) is 1. The number of nitrogens with zero attached hydrogens (tertiary/aromatic N) is 1. The van der Waals surface area contributed by atoms with Gasteiger partial charge in [-0.3, -0.25) is 4.79 Å². The normalized spacial score (nSPS) is 11.2. The van der Waals surface area contributed by atoms with Crippen LogP contribution in [0.4, 0.5) is 0 Å². The molecule has 2 aromatic carbocycles. The van der Waals surface area contributed by atoms with Crippen molar-refractivity contribution in [2.24, 2.45) is 0 Å². The molecule has 0 aliphatic carbocycles. The minimum atomic E-state index is -0.350. The quantitative estimate of drug-likeness (QED) is 0.415. The number of carbonyl (C=O) groups excluding carboxylic acids is 1. The van der Waals surface area contributed by atoms with Crippen molar-refractivity contribution < 1.29 is 18.5 Å². The maximum Gasteiger partial charge on any atom is 0.315 e. The molecule has 2 heterocycles. The third-order valence-corrected chi connectivity index (χ3v) is 4.08. The first-order valence-electron chi connectivity index (χ1n) is 7.65. The Morgan fingerprint density at radius 2 is 1.88 bits per heavy atom. The highest BCUT2D eigenvalue weighted by atomic mass is 16.5. The Labute approximate surface area is 137 Å². The maximum atomic E-state index is 12.2. The zero-order chi connectivity index (χ0) is 16.7. The molecule has 5 heteroatoms. The van der Waals surface area contributed by atoms with Gasteiger partial charge in [-0.25, -0.2) is 0 Å². The van der Waals surface area contributed by atoms with Crippen LogP contribution in [0, 0.1) is 13.8 Å². The fraction of sp³-hybridized carbons (Fsp3) is 0.158. The summed E-state index contributed by atoms with van der Waals surface area (Å²) in [5, 5.41) is 5.77. The molecule has 0 saturated heterocycles. The molecule has 0 spiro atoms. The lowest BCUT2D eigenvalue weighted by molar-refractivity contribution is -0.133. The van der Waals surface area contributed by atoms with Gasteiger partial charge < -0.3 is 13.7 Å². The number of para-hydroxylation sites is 1. The van der Waals surface area contributed by atoms with E-state index in [0.717, 1.165) is 27.5 Å². The highest BCUT2D eigenvalue weighted by Crippen LogP contribution is 2.31. The number of fused-ring (bicyclic) bond motifs is 3. The molecule has 0 aliphatic rings. The average Bonchev–Trinajstić information content (AvgIpc) is 3.09. The summed E-state index contributed by atoms with van der Waals surface area (Å²) in [7, 11) is 0. The van der Waals surface area contributed by atoms with Crippen molar-refractivity contribution in [1.82, 2.24) is 5.16 Å². The van der Waals surface area contributed by atoms with Crippen LogP contribution in [0.5, 0.6) is 5.75 Å². The Morgan fingerprint density at radius 1 is 1.08 bits per heavy atom. The molecule has 0 radical (unpaired) electrons. The van der Waals surface area contributed by atoms with Crippen LogP contribution in [0.25, 0.3) is 21.9 Å². The van der Waals surface area contributed by atoms with Crippen molar-refractivity contribution in [1.29, 1.82) is 0 Å². The first-order chi connectivity index (χ1) is 11.6. The molecular formula is C19H15NO4. The van der Waals surface area contributed by atoms with E-state index < -0.39 is 0 Å². The standard InChI is InChI=1S/C19H15NO4/c1-11-15(12(2)24-20-11)10-19(21)22-13-7-8-18-16(9-13)14-5-3-4-6-17(14)23-18/h3-9H,10H2,1-2H3. The predicted octanol–water partition coefficient (Wildman–Crippen LogP) is 4.34. The number of aromatic nitrogens is 1. The minimum absolute atomic E-state index is 0.130. The molecule has 120 valence electrons. The highest BCUT2D eigenvalue weighted by Gasteiger charge is 2.16. The lowest BCUT2D eigenvalue weighted by atomic mass is 10.1. The summed E-state index contributed by atoms with van der Waals surface area (Å²) in [6.45, 7) is 3.59. The molecule has 0 amide bonds. The largest absolute Gasteiger partial charge is 0.456 e. The summed E-state index contributed by atoms with van der Waals surface area (Å²) in [4.78, 5) is 12.2. The molecule has 4 aromatic rings. The second-order valence-electron chi connectivity index (χ2n) is 5.71. The summed E-state index contributed by atoms with van der Waals surface area (Å²) < 4.78 is 16.3. The topological polar surface area (TPSA) is 65.5 Å². The van der Waals surface area contributed by atoms with Crippen LogP contribution in [0.2, 0.25) is 0 Å². The third-order valence-electron chi connectivity index (χ3n) is 4.08. The summed E-state index contributed by atoms with van der Waals surface area (Å²) >= 11 is 0. The molecule has 0 aliphatic heterocycles. The zero-order valence-electron chi connectivity index (χ0n) is 13.3. The molecule has 0 fully saturated rings. The number of benzene rings is 2. The van der Waals surface area contributed by atoms with E-state index >= 15 is 0 Å². The van der Waals surface area contributed by atoms with Gasteiger partial charge in [0.05, 0.1) is 12.1 Å². The molecule has 0 N–H and O–H groups in total. The average molecular weight is 321 g/mol. The van der Waals surface area contributed by atoms with Gasteiger partial charge in [0, 0.05) is 16.3 Å². The highest BCUT2D eigenvalue weighted by molar-refractivity contribution is 6.05. The number of carbonyl (C=O) groups is 1. The van der Waals surface area contributed by atoms with Crippen molar-refractivity contribution >= 4 is 27.9 Å². The number of rotatable bonds is 3. The Bertz CT molecular complexity index is 1040. The van der Waals surface area contributed by atoms with Crippen LogP contribution < -0.4 is 4.74 Å². The van der Waals surface area contributed by atoms with Crippen molar-refractivity contribution in [3.8, 4) is 5.75 Å². The van der Waals surface area contributed by atoms with E-state index in [4.69, 9.17) is 13.7 Å². The van der Waals surface area contributed by atoms with Crippen molar-refractivity contribution in [3.05, 3.63) is 59.5 Å². The van der Waals surface area contributed by atoms with Gasteiger partial charge in [0.1, 0.15) is 22.7 Å². The van der Waals surface area contributed by atoms with Crippen LogP contribution in [-0.4, -0.2) is 11.1 Å². The lowest BCUT2D eigenvalue weighted by Gasteiger charge is -2.04. The van der Waals surface area contributed by atoms with Crippen LogP contribution in [-0.2, 0) is 11.2 Å². The van der Waals surface area contributed by atoms with Gasteiger partial charge in [-0.1, -0.05) is 23.4 Å². The van der Waals surface area contributed by atoms with Gasteiger partial charge in [0.2, 0.25) is 0 Å². The van der Waals surface area contributed by atoms with Crippen molar-refractivity contribution in [3.63, 3.8) is 0 Å². The monoisotopic (exact) mass is 321 g/mol. The molecule has 5 nitrogen and oxygen atoms in total. The zero-order valence-corrected chi connectivity index (χ0v) is 13.3.